The van der Waals surface area contributed by atoms with E-state index in [0.717, 1.165) is 53.3 Å². The molecule has 1 aliphatic heterocycles. The number of furan rings is 1. The van der Waals surface area contributed by atoms with Crippen molar-refractivity contribution >= 4 is 22.6 Å². The molecular weight excluding hydrogens is 382 g/mol. The molecule has 154 valence electrons. The Balaban J connectivity index is 1.73. The fraction of sp³-hybridized carbons (Fsp3) is 0.440. The molecule has 0 aliphatic carbocycles. The number of benzene rings is 2. The smallest absolute Gasteiger partial charge is 0.138 e. The molecule has 3 nitrogen and oxygen atoms in total. The highest BCUT2D eigenvalue weighted by atomic mass is 35.5. The van der Waals surface area contributed by atoms with Crippen LogP contribution in [0, 0.1) is 27.7 Å². The number of fused-ring (bicyclic) bond motifs is 1. The van der Waals surface area contributed by atoms with Crippen LogP contribution in [0.4, 0.5) is 0 Å². The summed E-state index contributed by atoms with van der Waals surface area (Å²) >= 11 is 6.62. The van der Waals surface area contributed by atoms with E-state index in [4.69, 9.17) is 20.8 Å². The molecule has 1 atom stereocenters. The second-order valence-electron chi connectivity index (χ2n) is 8.22. The SMILES string of the molecule is Cc1oc2c(C)c(C)c(OCc3ccccc3)c(C)c2c1CN1CCCCC1Cl. The number of halogens is 1. The summed E-state index contributed by atoms with van der Waals surface area (Å²) in [6.07, 6.45) is 3.48. The third kappa shape index (κ3) is 3.91. The highest BCUT2D eigenvalue weighted by Crippen LogP contribution is 2.40. The molecule has 1 aromatic heterocycles. The number of rotatable bonds is 5. The minimum absolute atomic E-state index is 0.105. The molecule has 3 aromatic rings. The lowest BCUT2D eigenvalue weighted by Gasteiger charge is -2.31. The van der Waals surface area contributed by atoms with Crippen LogP contribution >= 0.6 is 11.6 Å². The molecule has 1 fully saturated rings. The molecule has 1 aliphatic rings. The lowest BCUT2D eigenvalue weighted by Crippen LogP contribution is -2.35. The molecule has 0 spiro atoms. The minimum Gasteiger partial charge on any atom is -0.488 e. The van der Waals surface area contributed by atoms with Gasteiger partial charge in [0.25, 0.3) is 0 Å². The molecule has 4 heteroatoms. The van der Waals surface area contributed by atoms with Crippen LogP contribution in [0.5, 0.6) is 5.75 Å². The summed E-state index contributed by atoms with van der Waals surface area (Å²) in [5.41, 5.74) is 6.98. The van der Waals surface area contributed by atoms with Gasteiger partial charge in [-0.3, -0.25) is 4.90 Å². The first kappa shape index (κ1) is 20.3. The summed E-state index contributed by atoms with van der Waals surface area (Å²) in [6, 6.07) is 10.3. The van der Waals surface area contributed by atoms with Gasteiger partial charge in [-0.2, -0.15) is 0 Å². The largest absolute Gasteiger partial charge is 0.488 e. The van der Waals surface area contributed by atoms with Crippen LogP contribution in [-0.2, 0) is 13.2 Å². The number of alkyl halides is 1. The van der Waals surface area contributed by atoms with E-state index < -0.39 is 0 Å². The van der Waals surface area contributed by atoms with Crippen LogP contribution in [0.15, 0.2) is 34.7 Å². The van der Waals surface area contributed by atoms with E-state index in [1.54, 1.807) is 0 Å². The van der Waals surface area contributed by atoms with Crippen LogP contribution < -0.4 is 4.74 Å². The topological polar surface area (TPSA) is 25.6 Å². The van der Waals surface area contributed by atoms with Crippen LogP contribution in [0.1, 0.15) is 52.8 Å². The number of nitrogens with zero attached hydrogens (tertiary/aromatic N) is 1. The molecule has 0 radical (unpaired) electrons. The summed E-state index contributed by atoms with van der Waals surface area (Å²) < 4.78 is 12.6. The third-order valence-corrected chi connectivity index (χ3v) is 6.78. The van der Waals surface area contributed by atoms with Crippen LogP contribution in [0.25, 0.3) is 11.0 Å². The summed E-state index contributed by atoms with van der Waals surface area (Å²) in [6.45, 7) is 10.9. The van der Waals surface area contributed by atoms with Gasteiger partial charge in [0.1, 0.15) is 23.7 Å². The van der Waals surface area contributed by atoms with Gasteiger partial charge in [0.15, 0.2) is 0 Å². The maximum Gasteiger partial charge on any atom is 0.138 e. The van der Waals surface area contributed by atoms with Crippen LogP contribution in [0.2, 0.25) is 0 Å². The van der Waals surface area contributed by atoms with E-state index in [0.29, 0.717) is 6.61 Å². The summed E-state index contributed by atoms with van der Waals surface area (Å²) in [7, 11) is 0. The zero-order chi connectivity index (χ0) is 20.5. The van der Waals surface area contributed by atoms with E-state index in [2.05, 4.69) is 44.7 Å². The first-order valence-corrected chi connectivity index (χ1v) is 11.0. The van der Waals surface area contributed by atoms with Crippen molar-refractivity contribution in [3.63, 3.8) is 0 Å². The summed E-state index contributed by atoms with van der Waals surface area (Å²) in [4.78, 5) is 2.38. The number of hydrogen-bond donors (Lipinski definition) is 0. The van der Waals surface area contributed by atoms with Gasteiger partial charge >= 0.3 is 0 Å². The van der Waals surface area contributed by atoms with Crippen molar-refractivity contribution in [3.05, 3.63) is 63.9 Å². The van der Waals surface area contributed by atoms with Gasteiger partial charge in [-0.15, -0.1) is 11.6 Å². The average Bonchev–Trinajstić information content (AvgIpc) is 3.05. The van der Waals surface area contributed by atoms with Crippen molar-refractivity contribution < 1.29 is 9.15 Å². The van der Waals surface area contributed by atoms with Crippen molar-refractivity contribution in [2.24, 2.45) is 0 Å². The highest BCUT2D eigenvalue weighted by Gasteiger charge is 2.26. The Morgan fingerprint density at radius 3 is 2.52 bits per heavy atom. The van der Waals surface area contributed by atoms with Gasteiger partial charge in [0.05, 0.1) is 5.50 Å². The minimum atomic E-state index is 0.105. The van der Waals surface area contributed by atoms with Crippen molar-refractivity contribution in [2.45, 2.75) is 65.6 Å². The number of aryl methyl sites for hydroxylation is 3. The van der Waals surface area contributed by atoms with Gasteiger partial charge in [0.2, 0.25) is 0 Å². The second kappa shape index (κ2) is 8.41. The Kier molecular flexibility index (Phi) is 5.89. The molecular formula is C25H30ClNO2. The maximum atomic E-state index is 6.62. The molecule has 2 aromatic carbocycles. The fourth-order valence-electron chi connectivity index (χ4n) is 4.44. The monoisotopic (exact) mass is 411 g/mol. The van der Waals surface area contributed by atoms with Gasteiger partial charge in [-0.05, 0) is 70.2 Å². The lowest BCUT2D eigenvalue weighted by atomic mass is 9.97. The Bertz CT molecular complexity index is 1010. The molecule has 0 N–H and O–H groups in total. The molecule has 0 saturated carbocycles. The van der Waals surface area contributed by atoms with Crippen LogP contribution in [-0.4, -0.2) is 16.9 Å². The predicted octanol–water partition coefficient (Wildman–Crippen LogP) is 6.80. The van der Waals surface area contributed by atoms with E-state index in [1.165, 1.54) is 29.4 Å². The third-order valence-electron chi connectivity index (χ3n) is 6.29. The molecule has 29 heavy (non-hydrogen) atoms. The summed E-state index contributed by atoms with van der Waals surface area (Å²) in [5.74, 6) is 1.96. The van der Waals surface area contributed by atoms with Crippen LogP contribution in [0.3, 0.4) is 0 Å². The molecule has 2 heterocycles. The standard InChI is InChI=1S/C25H30ClNO2/c1-16-17(2)25-23(18(3)24(16)28-15-20-10-6-5-7-11-20)21(19(4)29-25)14-27-13-9-8-12-22(27)26/h5-7,10-11,22H,8-9,12-15H2,1-4H3. The second-order valence-corrected chi connectivity index (χ2v) is 8.72. The van der Waals surface area contributed by atoms with Gasteiger partial charge in [-0.1, -0.05) is 30.3 Å². The van der Waals surface area contributed by atoms with Crippen molar-refractivity contribution in [1.82, 2.24) is 4.90 Å². The Hall–Kier alpha value is -1.97. The lowest BCUT2D eigenvalue weighted by molar-refractivity contribution is 0.193. The quantitative estimate of drug-likeness (QED) is 0.341. The number of hydrogen-bond acceptors (Lipinski definition) is 3. The summed E-state index contributed by atoms with van der Waals surface area (Å²) in [5, 5.41) is 1.20. The van der Waals surface area contributed by atoms with E-state index in [-0.39, 0.29) is 5.50 Å². The first-order chi connectivity index (χ1) is 14.0. The van der Waals surface area contributed by atoms with E-state index in [9.17, 15) is 0 Å². The first-order valence-electron chi connectivity index (χ1n) is 10.5. The normalized spacial score (nSPS) is 17.8. The van der Waals surface area contributed by atoms with Gasteiger partial charge in [0, 0.05) is 23.1 Å². The molecule has 1 unspecified atom stereocenters. The number of likely N-dealkylation sites (tertiary alicyclic amines) is 1. The molecule has 4 rings (SSSR count). The predicted molar refractivity (Wildman–Crippen MR) is 120 cm³/mol. The zero-order valence-electron chi connectivity index (χ0n) is 17.8. The Labute approximate surface area is 178 Å². The van der Waals surface area contributed by atoms with Gasteiger partial charge < -0.3 is 9.15 Å². The average molecular weight is 412 g/mol. The number of piperidine rings is 1. The zero-order valence-corrected chi connectivity index (χ0v) is 18.6. The Morgan fingerprint density at radius 1 is 1.03 bits per heavy atom. The molecule has 0 amide bonds. The fourth-order valence-corrected chi connectivity index (χ4v) is 4.76. The van der Waals surface area contributed by atoms with E-state index >= 15 is 0 Å². The van der Waals surface area contributed by atoms with Crippen molar-refractivity contribution in [3.8, 4) is 5.75 Å². The van der Waals surface area contributed by atoms with Gasteiger partial charge in [-0.25, -0.2) is 0 Å². The molecule has 0 bridgehead atoms. The Morgan fingerprint density at radius 2 is 1.79 bits per heavy atom. The van der Waals surface area contributed by atoms with E-state index in [1.807, 2.05) is 18.2 Å². The highest BCUT2D eigenvalue weighted by molar-refractivity contribution is 6.20. The maximum absolute atomic E-state index is 6.62. The molecule has 1 saturated heterocycles. The number of ether oxygens (including phenoxy) is 1. The van der Waals surface area contributed by atoms with Crippen molar-refractivity contribution in [1.29, 1.82) is 0 Å². The van der Waals surface area contributed by atoms with Crippen molar-refractivity contribution in [2.75, 3.05) is 6.54 Å².